The molecule has 1 aliphatic heterocycles. The molecule has 94 valence electrons. The van der Waals surface area contributed by atoms with E-state index < -0.39 is 13.2 Å². The smallest absolute Gasteiger partial charge is 0.306 e. The van der Waals surface area contributed by atoms with Crippen molar-refractivity contribution in [2.75, 3.05) is 6.61 Å². The summed E-state index contributed by atoms with van der Waals surface area (Å²) in [6.07, 6.45) is 2.84. The molecule has 1 rings (SSSR count). The van der Waals surface area contributed by atoms with E-state index in [0.29, 0.717) is 6.61 Å². The van der Waals surface area contributed by atoms with Crippen LogP contribution in [0.25, 0.3) is 0 Å². The third-order valence-corrected chi connectivity index (χ3v) is 6.67. The molecule has 0 aromatic carbocycles. The Hall–Kier alpha value is 0.370. The normalized spacial score (nSPS) is 28.8. The number of halogens is 1. The maximum atomic E-state index is 12.5. The van der Waals surface area contributed by atoms with Gasteiger partial charge in [-0.25, -0.2) is 0 Å². The molecule has 0 saturated heterocycles. The molecule has 1 unspecified atom stereocenters. The summed E-state index contributed by atoms with van der Waals surface area (Å²) in [5.74, 6) is 0. The largest absolute Gasteiger partial charge is 0.359 e. The van der Waals surface area contributed by atoms with Gasteiger partial charge in [0.2, 0.25) is 0 Å². The summed E-state index contributed by atoms with van der Waals surface area (Å²) >= 11 is 3.50. The van der Waals surface area contributed by atoms with E-state index in [1.54, 1.807) is 0 Å². The SMILES string of the molecule is CCCCC1=C(Br)C(C)(C)OP1(=O)OCC. The van der Waals surface area contributed by atoms with Crippen LogP contribution in [0.2, 0.25) is 0 Å². The van der Waals surface area contributed by atoms with Crippen LogP contribution in [0.1, 0.15) is 47.0 Å². The zero-order valence-corrected chi connectivity index (χ0v) is 12.9. The first-order valence-corrected chi connectivity index (χ1v) is 8.06. The number of allylic oxidation sites excluding steroid dienone is 1. The third kappa shape index (κ3) is 2.79. The van der Waals surface area contributed by atoms with Gasteiger partial charge in [0.15, 0.2) is 0 Å². The van der Waals surface area contributed by atoms with Crippen molar-refractivity contribution < 1.29 is 13.6 Å². The second-order valence-electron chi connectivity index (χ2n) is 4.38. The lowest BCUT2D eigenvalue weighted by atomic mass is 10.1. The van der Waals surface area contributed by atoms with Crippen LogP contribution in [0.3, 0.4) is 0 Å². The van der Waals surface area contributed by atoms with Crippen molar-refractivity contribution >= 4 is 23.5 Å². The summed E-state index contributed by atoms with van der Waals surface area (Å²) in [4.78, 5) is 0. The first-order chi connectivity index (χ1) is 7.37. The summed E-state index contributed by atoms with van der Waals surface area (Å²) in [6, 6.07) is 0. The first kappa shape index (κ1) is 14.4. The van der Waals surface area contributed by atoms with E-state index >= 15 is 0 Å². The Morgan fingerprint density at radius 3 is 2.56 bits per heavy atom. The van der Waals surface area contributed by atoms with Crippen LogP contribution in [0.4, 0.5) is 0 Å². The van der Waals surface area contributed by atoms with Crippen molar-refractivity contribution in [3.8, 4) is 0 Å². The number of unbranched alkanes of at least 4 members (excludes halogenated alkanes) is 1. The van der Waals surface area contributed by atoms with Gasteiger partial charge in [-0.3, -0.25) is 9.09 Å². The Labute approximate surface area is 106 Å². The molecule has 0 spiro atoms. The fourth-order valence-corrected chi connectivity index (χ4v) is 5.08. The molecule has 5 heteroatoms. The molecule has 0 fully saturated rings. The van der Waals surface area contributed by atoms with E-state index in [2.05, 4.69) is 22.9 Å². The average Bonchev–Trinajstić information content (AvgIpc) is 2.32. The Kier molecular flexibility index (Phi) is 4.82. The minimum atomic E-state index is -3.05. The Morgan fingerprint density at radius 1 is 1.44 bits per heavy atom. The molecule has 0 aromatic heterocycles. The van der Waals surface area contributed by atoms with Crippen molar-refractivity contribution in [2.45, 2.75) is 52.6 Å². The van der Waals surface area contributed by atoms with Gasteiger partial charge in [0.05, 0.1) is 11.9 Å². The van der Waals surface area contributed by atoms with Gasteiger partial charge in [-0.15, -0.1) is 0 Å². The minimum Gasteiger partial charge on any atom is -0.306 e. The molecule has 0 bridgehead atoms. The predicted molar refractivity (Wildman–Crippen MR) is 69.9 cm³/mol. The highest BCUT2D eigenvalue weighted by Crippen LogP contribution is 2.68. The molecule has 0 N–H and O–H groups in total. The molecule has 0 aromatic rings. The highest BCUT2D eigenvalue weighted by molar-refractivity contribution is 9.11. The molecule has 3 nitrogen and oxygen atoms in total. The molecule has 16 heavy (non-hydrogen) atoms. The molecule has 1 aliphatic rings. The van der Waals surface area contributed by atoms with Crippen LogP contribution in [-0.2, 0) is 13.6 Å². The number of hydrogen-bond acceptors (Lipinski definition) is 3. The zero-order valence-electron chi connectivity index (χ0n) is 10.4. The van der Waals surface area contributed by atoms with Crippen LogP contribution in [0, 0.1) is 0 Å². The maximum absolute atomic E-state index is 12.5. The first-order valence-electron chi connectivity index (χ1n) is 5.72. The van der Waals surface area contributed by atoms with Crippen LogP contribution < -0.4 is 0 Å². The fourth-order valence-electron chi connectivity index (χ4n) is 1.73. The second kappa shape index (κ2) is 5.34. The van der Waals surface area contributed by atoms with Crippen LogP contribution in [0.5, 0.6) is 0 Å². The van der Waals surface area contributed by atoms with E-state index in [4.69, 9.17) is 9.05 Å². The molecule has 0 amide bonds. The van der Waals surface area contributed by atoms with Crippen molar-refractivity contribution in [2.24, 2.45) is 0 Å². The monoisotopic (exact) mass is 310 g/mol. The van der Waals surface area contributed by atoms with Gasteiger partial charge in [0.25, 0.3) is 0 Å². The maximum Gasteiger partial charge on any atom is 0.359 e. The van der Waals surface area contributed by atoms with Crippen molar-refractivity contribution in [1.29, 1.82) is 0 Å². The van der Waals surface area contributed by atoms with Gasteiger partial charge in [-0.05, 0) is 33.6 Å². The second-order valence-corrected chi connectivity index (χ2v) is 7.15. The standard InChI is InChI=1S/C11H20BrO3P/c1-5-7-8-9-10(12)11(3,4)15-16(9,13)14-6-2/h5-8H2,1-4H3. The van der Waals surface area contributed by atoms with Crippen LogP contribution in [0.15, 0.2) is 9.80 Å². The number of rotatable bonds is 5. The average molecular weight is 311 g/mol. The predicted octanol–water partition coefficient (Wildman–Crippen LogP) is 4.82. The number of hydrogen-bond donors (Lipinski definition) is 0. The topological polar surface area (TPSA) is 35.5 Å². The van der Waals surface area contributed by atoms with Crippen molar-refractivity contribution in [3.63, 3.8) is 0 Å². The van der Waals surface area contributed by atoms with Gasteiger partial charge in [-0.1, -0.05) is 29.3 Å². The van der Waals surface area contributed by atoms with Crippen molar-refractivity contribution in [1.82, 2.24) is 0 Å². The summed E-state index contributed by atoms with van der Waals surface area (Å²) in [5.41, 5.74) is -0.534. The molecular formula is C11H20BrO3P. The van der Waals surface area contributed by atoms with E-state index in [9.17, 15) is 4.57 Å². The van der Waals surface area contributed by atoms with Crippen molar-refractivity contribution in [3.05, 3.63) is 9.80 Å². The molecule has 1 heterocycles. The van der Waals surface area contributed by atoms with Crippen LogP contribution in [-0.4, -0.2) is 12.2 Å². The molecule has 0 aliphatic carbocycles. The van der Waals surface area contributed by atoms with Gasteiger partial charge >= 0.3 is 7.60 Å². The summed E-state index contributed by atoms with van der Waals surface area (Å²) in [6.45, 7) is 8.16. The summed E-state index contributed by atoms with van der Waals surface area (Å²) < 4.78 is 24.4. The Balaban J connectivity index is 3.01. The lowest BCUT2D eigenvalue weighted by molar-refractivity contribution is 0.134. The lowest BCUT2D eigenvalue weighted by Gasteiger charge is -2.20. The lowest BCUT2D eigenvalue weighted by Crippen LogP contribution is -2.18. The highest BCUT2D eigenvalue weighted by Gasteiger charge is 2.47. The minimum absolute atomic E-state index is 0.406. The van der Waals surface area contributed by atoms with Crippen LogP contribution >= 0.6 is 23.5 Å². The molecular weight excluding hydrogens is 291 g/mol. The Bertz CT molecular complexity index is 336. The third-order valence-electron chi connectivity index (χ3n) is 2.53. The van der Waals surface area contributed by atoms with Gasteiger partial charge in [0, 0.05) is 4.48 Å². The van der Waals surface area contributed by atoms with E-state index in [0.717, 1.165) is 29.1 Å². The summed E-state index contributed by atoms with van der Waals surface area (Å²) in [7, 11) is -3.05. The Morgan fingerprint density at radius 2 is 2.06 bits per heavy atom. The molecule has 0 saturated carbocycles. The highest BCUT2D eigenvalue weighted by atomic mass is 79.9. The van der Waals surface area contributed by atoms with E-state index in [1.165, 1.54) is 0 Å². The zero-order chi connectivity index (χ0) is 12.4. The van der Waals surface area contributed by atoms with Gasteiger partial charge in [-0.2, -0.15) is 0 Å². The van der Waals surface area contributed by atoms with E-state index in [1.807, 2.05) is 20.8 Å². The van der Waals surface area contributed by atoms with Gasteiger partial charge < -0.3 is 4.52 Å². The summed E-state index contributed by atoms with van der Waals surface area (Å²) in [5, 5.41) is 0.821. The van der Waals surface area contributed by atoms with Gasteiger partial charge in [0.1, 0.15) is 5.60 Å². The van der Waals surface area contributed by atoms with E-state index in [-0.39, 0.29) is 0 Å². The molecule has 1 atom stereocenters. The molecule has 0 radical (unpaired) electrons. The quantitative estimate of drug-likeness (QED) is 0.683. The fraction of sp³-hybridized carbons (Fsp3) is 0.818.